The zero-order chi connectivity index (χ0) is 16.7. The molecule has 0 aliphatic heterocycles. The van der Waals surface area contributed by atoms with Gasteiger partial charge in [-0.2, -0.15) is 0 Å². The number of nitrogens with one attached hydrogen (secondary N) is 1. The molecule has 0 spiro atoms. The SMILES string of the molecule is CCCNC(=O)CS(=O)C(C)c1ccc(C2CCCCC2)cc1. The highest BCUT2D eigenvalue weighted by Crippen LogP contribution is 2.33. The normalized spacial score (nSPS) is 18.3. The Morgan fingerprint density at radius 3 is 2.48 bits per heavy atom. The summed E-state index contributed by atoms with van der Waals surface area (Å²) in [6.07, 6.45) is 7.51. The number of rotatable bonds is 7. The highest BCUT2D eigenvalue weighted by molar-refractivity contribution is 7.86. The molecule has 4 heteroatoms. The van der Waals surface area contributed by atoms with Crippen molar-refractivity contribution in [3.8, 4) is 0 Å². The molecule has 1 aromatic rings. The van der Waals surface area contributed by atoms with Gasteiger partial charge in [-0.3, -0.25) is 9.00 Å². The minimum atomic E-state index is -1.17. The fourth-order valence-corrected chi connectivity index (χ4v) is 4.27. The summed E-state index contributed by atoms with van der Waals surface area (Å²) in [7, 11) is -1.17. The van der Waals surface area contributed by atoms with Crippen LogP contribution in [0.15, 0.2) is 24.3 Å². The summed E-state index contributed by atoms with van der Waals surface area (Å²) in [5, 5.41) is 2.68. The Hall–Kier alpha value is -1.16. The molecule has 1 aliphatic rings. The average molecular weight is 336 g/mol. The smallest absolute Gasteiger partial charge is 0.232 e. The van der Waals surface area contributed by atoms with E-state index < -0.39 is 10.8 Å². The van der Waals surface area contributed by atoms with Crippen LogP contribution >= 0.6 is 0 Å². The van der Waals surface area contributed by atoms with Crippen molar-refractivity contribution in [1.82, 2.24) is 5.32 Å². The molecule has 2 atom stereocenters. The van der Waals surface area contributed by atoms with Crippen molar-refractivity contribution < 1.29 is 9.00 Å². The van der Waals surface area contributed by atoms with Gasteiger partial charge < -0.3 is 5.32 Å². The molecule has 23 heavy (non-hydrogen) atoms. The Kier molecular flexibility index (Phi) is 7.28. The minimum Gasteiger partial charge on any atom is -0.355 e. The van der Waals surface area contributed by atoms with Gasteiger partial charge in [0.05, 0.1) is 5.25 Å². The van der Waals surface area contributed by atoms with Crippen LogP contribution in [-0.2, 0) is 15.6 Å². The molecule has 0 heterocycles. The molecular formula is C19H29NO2S. The van der Waals surface area contributed by atoms with Crippen LogP contribution in [-0.4, -0.2) is 22.4 Å². The Morgan fingerprint density at radius 1 is 1.22 bits per heavy atom. The van der Waals surface area contributed by atoms with Crippen molar-refractivity contribution in [2.75, 3.05) is 12.3 Å². The lowest BCUT2D eigenvalue weighted by molar-refractivity contribution is -0.118. The van der Waals surface area contributed by atoms with E-state index in [2.05, 4.69) is 29.6 Å². The summed E-state index contributed by atoms with van der Waals surface area (Å²) in [4.78, 5) is 11.7. The Morgan fingerprint density at radius 2 is 1.87 bits per heavy atom. The zero-order valence-electron chi connectivity index (χ0n) is 14.3. The Balaban J connectivity index is 1.92. The number of amides is 1. The van der Waals surface area contributed by atoms with E-state index >= 15 is 0 Å². The predicted octanol–water partition coefficient (Wildman–Crippen LogP) is 4.07. The maximum absolute atomic E-state index is 12.4. The quantitative estimate of drug-likeness (QED) is 0.816. The summed E-state index contributed by atoms with van der Waals surface area (Å²) in [6.45, 7) is 4.60. The first-order chi connectivity index (χ1) is 11.1. The van der Waals surface area contributed by atoms with Gasteiger partial charge in [-0.15, -0.1) is 0 Å². The molecule has 1 aromatic carbocycles. The molecule has 1 saturated carbocycles. The van der Waals surface area contributed by atoms with Gasteiger partial charge in [0, 0.05) is 17.3 Å². The van der Waals surface area contributed by atoms with Crippen molar-refractivity contribution in [1.29, 1.82) is 0 Å². The van der Waals surface area contributed by atoms with E-state index in [1.165, 1.54) is 37.7 Å². The van der Waals surface area contributed by atoms with E-state index in [1.807, 2.05) is 13.8 Å². The average Bonchev–Trinajstić information content (AvgIpc) is 2.60. The van der Waals surface area contributed by atoms with Gasteiger partial charge >= 0.3 is 0 Å². The summed E-state index contributed by atoms with van der Waals surface area (Å²) < 4.78 is 12.4. The van der Waals surface area contributed by atoms with Gasteiger partial charge in [0.1, 0.15) is 5.75 Å². The van der Waals surface area contributed by atoms with Gasteiger partial charge in [0.25, 0.3) is 0 Å². The highest BCUT2D eigenvalue weighted by Gasteiger charge is 2.19. The summed E-state index contributed by atoms with van der Waals surface area (Å²) >= 11 is 0. The van der Waals surface area contributed by atoms with Crippen LogP contribution in [0.1, 0.15) is 74.7 Å². The number of benzene rings is 1. The third kappa shape index (κ3) is 5.45. The van der Waals surface area contributed by atoms with Crippen LogP contribution in [0.25, 0.3) is 0 Å². The van der Waals surface area contributed by atoms with E-state index in [9.17, 15) is 9.00 Å². The van der Waals surface area contributed by atoms with E-state index in [-0.39, 0.29) is 16.9 Å². The van der Waals surface area contributed by atoms with Gasteiger partial charge in [-0.05, 0) is 43.2 Å². The number of hydrogen-bond acceptors (Lipinski definition) is 2. The van der Waals surface area contributed by atoms with Gasteiger partial charge in [0.2, 0.25) is 5.91 Å². The molecule has 0 bridgehead atoms. The van der Waals surface area contributed by atoms with E-state index in [0.717, 1.165) is 12.0 Å². The maximum atomic E-state index is 12.4. The van der Waals surface area contributed by atoms with Gasteiger partial charge in [0.15, 0.2) is 0 Å². The lowest BCUT2D eigenvalue weighted by Crippen LogP contribution is -2.29. The molecular weight excluding hydrogens is 306 g/mol. The molecule has 0 aromatic heterocycles. The van der Waals surface area contributed by atoms with Crippen LogP contribution in [0.2, 0.25) is 0 Å². The predicted molar refractivity (Wildman–Crippen MR) is 97.0 cm³/mol. The van der Waals surface area contributed by atoms with Crippen molar-refractivity contribution in [2.45, 2.75) is 63.5 Å². The minimum absolute atomic E-state index is 0.0888. The van der Waals surface area contributed by atoms with Crippen molar-refractivity contribution in [2.24, 2.45) is 0 Å². The topological polar surface area (TPSA) is 46.2 Å². The van der Waals surface area contributed by atoms with Crippen molar-refractivity contribution >= 4 is 16.7 Å². The number of carbonyl (C=O) groups excluding carboxylic acids is 1. The third-order valence-electron chi connectivity index (χ3n) is 4.72. The Bertz CT molecular complexity index is 521. The molecule has 1 aliphatic carbocycles. The standard InChI is InChI=1S/C19H29NO2S/c1-3-13-20-19(21)14-23(22)15(2)16-9-11-18(12-10-16)17-7-5-4-6-8-17/h9-12,15,17H,3-8,13-14H2,1-2H3,(H,20,21). The second-order valence-electron chi connectivity index (χ2n) is 6.52. The summed E-state index contributed by atoms with van der Waals surface area (Å²) in [5.41, 5.74) is 2.47. The van der Waals surface area contributed by atoms with Crippen LogP contribution in [0.4, 0.5) is 0 Å². The molecule has 0 saturated heterocycles. The second-order valence-corrected chi connectivity index (χ2v) is 8.28. The van der Waals surface area contributed by atoms with Crippen LogP contribution < -0.4 is 5.32 Å². The molecule has 2 rings (SSSR count). The zero-order valence-corrected chi connectivity index (χ0v) is 15.2. The van der Waals surface area contributed by atoms with Crippen LogP contribution in [0, 0.1) is 0 Å². The molecule has 128 valence electrons. The third-order valence-corrected chi connectivity index (χ3v) is 6.33. The number of carbonyl (C=O) groups is 1. The fourth-order valence-electron chi connectivity index (χ4n) is 3.20. The maximum Gasteiger partial charge on any atom is 0.232 e. The molecule has 1 N–H and O–H groups in total. The lowest BCUT2D eigenvalue weighted by Gasteiger charge is -2.22. The molecule has 2 unspecified atom stereocenters. The Labute approximate surface area is 142 Å². The summed E-state index contributed by atoms with van der Waals surface area (Å²) in [5.74, 6) is 0.667. The molecule has 3 nitrogen and oxygen atoms in total. The number of hydrogen-bond donors (Lipinski definition) is 1. The monoisotopic (exact) mass is 335 g/mol. The van der Waals surface area contributed by atoms with Crippen molar-refractivity contribution in [3.63, 3.8) is 0 Å². The molecule has 0 radical (unpaired) electrons. The largest absolute Gasteiger partial charge is 0.355 e. The van der Waals surface area contributed by atoms with E-state index in [0.29, 0.717) is 12.5 Å². The summed E-state index contributed by atoms with van der Waals surface area (Å²) in [6, 6.07) is 8.57. The molecule has 1 amide bonds. The highest BCUT2D eigenvalue weighted by atomic mass is 32.2. The molecule has 1 fully saturated rings. The lowest BCUT2D eigenvalue weighted by atomic mass is 9.84. The first-order valence-electron chi connectivity index (χ1n) is 8.85. The fraction of sp³-hybridized carbons (Fsp3) is 0.632. The van der Waals surface area contributed by atoms with E-state index in [1.54, 1.807) is 0 Å². The first-order valence-corrected chi connectivity index (χ1v) is 10.2. The van der Waals surface area contributed by atoms with Crippen LogP contribution in [0.3, 0.4) is 0 Å². The van der Waals surface area contributed by atoms with Gasteiger partial charge in [-0.25, -0.2) is 0 Å². The van der Waals surface area contributed by atoms with Crippen LogP contribution in [0.5, 0.6) is 0 Å². The van der Waals surface area contributed by atoms with E-state index in [4.69, 9.17) is 0 Å². The van der Waals surface area contributed by atoms with Crippen molar-refractivity contribution in [3.05, 3.63) is 35.4 Å². The van der Waals surface area contributed by atoms with Gasteiger partial charge in [-0.1, -0.05) is 50.5 Å². The second kappa shape index (κ2) is 9.21. The first kappa shape index (κ1) is 18.2.